The Morgan fingerprint density at radius 3 is 2.38 bits per heavy atom. The molecule has 2 N–H and O–H groups in total. The van der Waals surface area contributed by atoms with Gasteiger partial charge >= 0.3 is 0 Å². The largest absolute Gasteiger partial charge is 0.495 e. The van der Waals surface area contributed by atoms with E-state index in [2.05, 4.69) is 10.0 Å². The van der Waals surface area contributed by atoms with Crippen LogP contribution in [-0.4, -0.2) is 27.0 Å². The summed E-state index contributed by atoms with van der Waals surface area (Å²) in [4.78, 5) is 12.3. The summed E-state index contributed by atoms with van der Waals surface area (Å²) < 4.78 is 33.2. The van der Waals surface area contributed by atoms with Crippen molar-refractivity contribution in [2.45, 2.75) is 38.1 Å². The van der Waals surface area contributed by atoms with Crippen LogP contribution in [0.15, 0.2) is 47.4 Å². The average molecular weight is 376 g/mol. The molecule has 0 aromatic heterocycles. The summed E-state index contributed by atoms with van der Waals surface area (Å²) in [5, 5.41) is 2.82. The summed E-state index contributed by atoms with van der Waals surface area (Å²) in [6.45, 7) is 7.43. The fraction of sp³-hybridized carbons (Fsp3) is 0.316. The molecule has 0 unspecified atom stereocenters. The number of hydrogen-bond acceptors (Lipinski definition) is 4. The van der Waals surface area contributed by atoms with Crippen molar-refractivity contribution in [3.63, 3.8) is 0 Å². The van der Waals surface area contributed by atoms with E-state index in [1.807, 2.05) is 33.8 Å². The Morgan fingerprint density at radius 2 is 1.77 bits per heavy atom. The number of carbonyl (C=O) groups is 1. The van der Waals surface area contributed by atoms with Crippen molar-refractivity contribution < 1.29 is 17.9 Å². The van der Waals surface area contributed by atoms with Crippen LogP contribution in [-0.2, 0) is 10.0 Å². The second kappa shape index (κ2) is 7.37. The lowest BCUT2D eigenvalue weighted by Crippen LogP contribution is -2.40. The van der Waals surface area contributed by atoms with E-state index in [9.17, 15) is 13.2 Å². The molecule has 0 atom stereocenters. The highest BCUT2D eigenvalue weighted by Gasteiger charge is 2.20. The highest BCUT2D eigenvalue weighted by molar-refractivity contribution is 7.92. The second-order valence-corrected chi connectivity index (χ2v) is 8.72. The molecule has 0 spiro atoms. The minimum atomic E-state index is -3.87. The van der Waals surface area contributed by atoms with Gasteiger partial charge in [0.1, 0.15) is 5.75 Å². The van der Waals surface area contributed by atoms with Crippen LogP contribution in [0.3, 0.4) is 0 Å². The molecule has 2 rings (SSSR count). The van der Waals surface area contributed by atoms with Crippen molar-refractivity contribution in [3.8, 4) is 5.75 Å². The first-order valence-corrected chi connectivity index (χ1v) is 9.60. The van der Waals surface area contributed by atoms with Crippen LogP contribution in [0, 0.1) is 6.92 Å². The first-order valence-electron chi connectivity index (χ1n) is 8.12. The van der Waals surface area contributed by atoms with Gasteiger partial charge in [-0.2, -0.15) is 0 Å². The van der Waals surface area contributed by atoms with Crippen molar-refractivity contribution in [1.82, 2.24) is 5.32 Å². The summed E-state index contributed by atoms with van der Waals surface area (Å²) in [5.41, 5.74) is 1.09. The van der Waals surface area contributed by atoms with Crippen molar-refractivity contribution in [2.24, 2.45) is 0 Å². The molecule has 1 amide bonds. The Kier molecular flexibility index (Phi) is 5.61. The lowest BCUT2D eigenvalue weighted by Gasteiger charge is -2.20. The molecule has 7 heteroatoms. The quantitative estimate of drug-likeness (QED) is 0.838. The summed E-state index contributed by atoms with van der Waals surface area (Å²) in [5.74, 6) is 0.0866. The summed E-state index contributed by atoms with van der Waals surface area (Å²) in [6.07, 6.45) is 0. The van der Waals surface area contributed by atoms with E-state index in [1.54, 1.807) is 24.3 Å². The maximum Gasteiger partial charge on any atom is 0.262 e. The first kappa shape index (κ1) is 19.8. The Morgan fingerprint density at radius 1 is 1.08 bits per heavy atom. The third kappa shape index (κ3) is 4.98. The fourth-order valence-electron chi connectivity index (χ4n) is 2.32. The number of ether oxygens (including phenoxy) is 1. The molecule has 2 aromatic rings. The van der Waals surface area contributed by atoms with Crippen LogP contribution in [0.25, 0.3) is 0 Å². The van der Waals surface area contributed by atoms with E-state index in [1.165, 1.54) is 19.2 Å². The predicted molar refractivity (Wildman–Crippen MR) is 102 cm³/mol. The maximum absolute atomic E-state index is 12.7. The van der Waals surface area contributed by atoms with Gasteiger partial charge in [0.15, 0.2) is 0 Å². The molecule has 6 nitrogen and oxygen atoms in total. The lowest BCUT2D eigenvalue weighted by molar-refractivity contribution is 0.0919. The van der Waals surface area contributed by atoms with Crippen molar-refractivity contribution in [2.75, 3.05) is 11.8 Å². The average Bonchev–Trinajstić information content (AvgIpc) is 2.53. The normalized spacial score (nSPS) is 11.7. The van der Waals surface area contributed by atoms with Gasteiger partial charge in [0.25, 0.3) is 15.9 Å². The van der Waals surface area contributed by atoms with E-state index < -0.39 is 15.6 Å². The van der Waals surface area contributed by atoms with E-state index in [0.29, 0.717) is 11.4 Å². The molecule has 26 heavy (non-hydrogen) atoms. The zero-order chi connectivity index (χ0) is 19.5. The number of amides is 1. The number of hydrogen-bond donors (Lipinski definition) is 2. The SMILES string of the molecule is COc1ccc(C)cc1NS(=O)(=O)c1cccc(C(=O)NC(C)(C)C)c1. The Hall–Kier alpha value is -2.54. The van der Waals surface area contributed by atoms with Crippen LogP contribution < -0.4 is 14.8 Å². The van der Waals surface area contributed by atoms with E-state index >= 15 is 0 Å². The summed E-state index contributed by atoms with van der Waals surface area (Å²) in [6, 6.07) is 11.1. The van der Waals surface area contributed by atoms with Crippen molar-refractivity contribution >= 4 is 21.6 Å². The zero-order valence-corrected chi connectivity index (χ0v) is 16.4. The smallest absolute Gasteiger partial charge is 0.262 e. The fourth-order valence-corrected chi connectivity index (χ4v) is 3.43. The lowest BCUT2D eigenvalue weighted by atomic mass is 10.1. The predicted octanol–water partition coefficient (Wildman–Crippen LogP) is 3.33. The van der Waals surface area contributed by atoms with Gasteiger partial charge in [0.2, 0.25) is 0 Å². The van der Waals surface area contributed by atoms with E-state index in [4.69, 9.17) is 4.74 Å². The van der Waals surface area contributed by atoms with Crippen LogP contribution in [0.5, 0.6) is 5.75 Å². The third-order valence-corrected chi connectivity index (χ3v) is 4.86. The minimum Gasteiger partial charge on any atom is -0.495 e. The molecule has 140 valence electrons. The van der Waals surface area contributed by atoms with Gasteiger partial charge in [-0.3, -0.25) is 9.52 Å². The molecule has 0 heterocycles. The Balaban J connectivity index is 2.34. The Labute approximate surface area is 154 Å². The molecular formula is C19H24N2O4S. The summed E-state index contributed by atoms with van der Waals surface area (Å²) in [7, 11) is -2.40. The van der Waals surface area contributed by atoms with Gasteiger partial charge in [-0.1, -0.05) is 12.1 Å². The van der Waals surface area contributed by atoms with Gasteiger partial charge in [-0.25, -0.2) is 8.42 Å². The van der Waals surface area contributed by atoms with Gasteiger partial charge in [-0.05, 0) is 63.6 Å². The molecule has 0 aliphatic carbocycles. The van der Waals surface area contributed by atoms with Gasteiger partial charge in [-0.15, -0.1) is 0 Å². The summed E-state index contributed by atoms with van der Waals surface area (Å²) >= 11 is 0. The molecule has 2 aromatic carbocycles. The number of anilines is 1. The number of carbonyl (C=O) groups excluding carboxylic acids is 1. The highest BCUT2D eigenvalue weighted by atomic mass is 32.2. The zero-order valence-electron chi connectivity index (χ0n) is 15.6. The number of aryl methyl sites for hydroxylation is 1. The van der Waals surface area contributed by atoms with E-state index in [-0.39, 0.29) is 16.4 Å². The number of methoxy groups -OCH3 is 1. The topological polar surface area (TPSA) is 84.5 Å². The van der Waals surface area contributed by atoms with Crippen molar-refractivity contribution in [3.05, 3.63) is 53.6 Å². The van der Waals surface area contributed by atoms with Gasteiger partial charge < -0.3 is 10.1 Å². The van der Waals surface area contributed by atoms with Crippen molar-refractivity contribution in [1.29, 1.82) is 0 Å². The monoisotopic (exact) mass is 376 g/mol. The highest BCUT2D eigenvalue weighted by Crippen LogP contribution is 2.28. The number of rotatable bonds is 5. The van der Waals surface area contributed by atoms with Crippen LogP contribution >= 0.6 is 0 Å². The Bertz CT molecular complexity index is 915. The second-order valence-electron chi connectivity index (χ2n) is 7.04. The van der Waals surface area contributed by atoms with Gasteiger partial charge in [0.05, 0.1) is 17.7 Å². The standard InChI is InChI=1S/C19H24N2O4S/c1-13-9-10-17(25-5)16(11-13)21-26(23,24)15-8-6-7-14(12-15)18(22)20-19(2,3)4/h6-12,21H,1-5H3,(H,20,22). The minimum absolute atomic E-state index is 0.00242. The molecule has 0 aliphatic rings. The third-order valence-electron chi connectivity index (χ3n) is 3.49. The maximum atomic E-state index is 12.7. The number of nitrogens with one attached hydrogen (secondary N) is 2. The number of benzene rings is 2. The molecule has 0 fully saturated rings. The molecule has 0 aliphatic heterocycles. The van der Waals surface area contributed by atoms with E-state index in [0.717, 1.165) is 5.56 Å². The van der Waals surface area contributed by atoms with Crippen LogP contribution in [0.1, 0.15) is 36.7 Å². The molecule has 0 bridgehead atoms. The number of sulfonamides is 1. The molecular weight excluding hydrogens is 352 g/mol. The van der Waals surface area contributed by atoms with Crippen LogP contribution in [0.4, 0.5) is 5.69 Å². The molecule has 0 saturated heterocycles. The molecule has 0 saturated carbocycles. The van der Waals surface area contributed by atoms with Gasteiger partial charge in [0, 0.05) is 11.1 Å². The molecule has 0 radical (unpaired) electrons. The van der Waals surface area contributed by atoms with Crippen LogP contribution in [0.2, 0.25) is 0 Å². The first-order chi connectivity index (χ1) is 12.0.